The van der Waals surface area contributed by atoms with Crippen LogP contribution < -0.4 is 5.73 Å². The van der Waals surface area contributed by atoms with Gasteiger partial charge in [0.15, 0.2) is 5.82 Å². The summed E-state index contributed by atoms with van der Waals surface area (Å²) < 4.78 is 0. The Kier molecular flexibility index (Phi) is 2.59. The average Bonchev–Trinajstić information content (AvgIpc) is 3.32. The summed E-state index contributed by atoms with van der Waals surface area (Å²) in [7, 11) is 0. The smallest absolute Gasteiger partial charge is 0.162 e. The number of fused-ring (bicyclic) bond motifs is 1. The standard InChI is InChI=1S/C17H17N3/c18-16-14-7-3-4-8-15(14)19-17(20-16)13-6-2-1-5-12(13)11-9-10-11/h3-8,11H,1-2,9-10H2,(H2,18,19,20). The molecule has 0 aliphatic heterocycles. The lowest BCUT2D eigenvalue weighted by molar-refractivity contribution is 0.948. The lowest BCUT2D eigenvalue weighted by atomic mass is 9.93. The number of nitrogen functional groups attached to an aromatic ring is 1. The van der Waals surface area contributed by atoms with Gasteiger partial charge in [-0.15, -0.1) is 0 Å². The maximum Gasteiger partial charge on any atom is 0.162 e. The van der Waals surface area contributed by atoms with Crippen LogP contribution in [0.15, 0.2) is 42.0 Å². The Labute approximate surface area is 118 Å². The highest BCUT2D eigenvalue weighted by Crippen LogP contribution is 2.44. The van der Waals surface area contributed by atoms with Crippen LogP contribution in [0.2, 0.25) is 0 Å². The summed E-state index contributed by atoms with van der Waals surface area (Å²) >= 11 is 0. The Balaban J connectivity index is 1.85. The Bertz CT molecular complexity index is 739. The van der Waals surface area contributed by atoms with Crippen molar-refractivity contribution in [1.82, 2.24) is 9.97 Å². The van der Waals surface area contributed by atoms with Crippen molar-refractivity contribution in [3.05, 3.63) is 47.8 Å². The van der Waals surface area contributed by atoms with Crippen LogP contribution in [0, 0.1) is 5.92 Å². The molecule has 0 radical (unpaired) electrons. The monoisotopic (exact) mass is 263 g/mol. The number of hydrogen-bond acceptors (Lipinski definition) is 3. The number of allylic oxidation sites excluding steroid dienone is 4. The van der Waals surface area contributed by atoms with Crippen LogP contribution in [0.25, 0.3) is 16.5 Å². The molecule has 2 aromatic rings. The zero-order valence-electron chi connectivity index (χ0n) is 11.3. The summed E-state index contributed by atoms with van der Waals surface area (Å²) in [4.78, 5) is 9.26. The van der Waals surface area contributed by atoms with E-state index in [-0.39, 0.29) is 0 Å². The van der Waals surface area contributed by atoms with E-state index in [0.717, 1.165) is 35.5 Å². The normalized spacial score (nSPS) is 18.8. The fourth-order valence-corrected chi connectivity index (χ4v) is 2.92. The fourth-order valence-electron chi connectivity index (χ4n) is 2.92. The van der Waals surface area contributed by atoms with Crippen LogP contribution in [0.4, 0.5) is 5.82 Å². The van der Waals surface area contributed by atoms with Gasteiger partial charge in [-0.1, -0.05) is 24.3 Å². The van der Waals surface area contributed by atoms with E-state index in [9.17, 15) is 0 Å². The first-order chi connectivity index (χ1) is 9.83. The van der Waals surface area contributed by atoms with E-state index in [1.54, 1.807) is 0 Å². The first-order valence-electron chi connectivity index (χ1n) is 7.26. The third kappa shape index (κ3) is 1.90. The Hall–Kier alpha value is -2.16. The molecule has 3 nitrogen and oxygen atoms in total. The van der Waals surface area contributed by atoms with E-state index < -0.39 is 0 Å². The number of rotatable bonds is 2. The molecule has 3 heteroatoms. The van der Waals surface area contributed by atoms with Crippen molar-refractivity contribution in [3.63, 3.8) is 0 Å². The lowest BCUT2D eigenvalue weighted by Crippen LogP contribution is -2.05. The number of benzene rings is 1. The second kappa shape index (κ2) is 4.44. The van der Waals surface area contributed by atoms with E-state index in [1.165, 1.54) is 24.0 Å². The zero-order chi connectivity index (χ0) is 13.5. The van der Waals surface area contributed by atoms with Gasteiger partial charge in [0.2, 0.25) is 0 Å². The topological polar surface area (TPSA) is 51.8 Å². The number of nitrogens with two attached hydrogens (primary N) is 1. The molecule has 20 heavy (non-hydrogen) atoms. The summed E-state index contributed by atoms with van der Waals surface area (Å²) in [5.41, 5.74) is 9.67. The van der Waals surface area contributed by atoms with Gasteiger partial charge in [-0.3, -0.25) is 0 Å². The van der Waals surface area contributed by atoms with Crippen LogP contribution in [0.1, 0.15) is 31.5 Å². The number of anilines is 1. The molecule has 2 N–H and O–H groups in total. The molecule has 1 aromatic heterocycles. The third-order valence-electron chi connectivity index (χ3n) is 4.08. The third-order valence-corrected chi connectivity index (χ3v) is 4.08. The van der Waals surface area contributed by atoms with Crippen molar-refractivity contribution in [2.24, 2.45) is 5.92 Å². The molecule has 100 valence electrons. The summed E-state index contributed by atoms with van der Waals surface area (Å²) in [6.45, 7) is 0. The minimum absolute atomic E-state index is 0.576. The number of aromatic nitrogens is 2. The predicted octanol–water partition coefficient (Wildman–Crippen LogP) is 3.73. The lowest BCUT2D eigenvalue weighted by Gasteiger charge is -2.15. The molecule has 2 aliphatic carbocycles. The van der Waals surface area contributed by atoms with Crippen LogP contribution in [0.3, 0.4) is 0 Å². The van der Waals surface area contributed by atoms with Gasteiger partial charge in [-0.25, -0.2) is 9.97 Å². The predicted molar refractivity (Wildman–Crippen MR) is 82.0 cm³/mol. The summed E-state index contributed by atoms with van der Waals surface area (Å²) in [6, 6.07) is 7.94. The highest BCUT2D eigenvalue weighted by Gasteiger charge is 2.30. The maximum absolute atomic E-state index is 6.10. The molecular weight excluding hydrogens is 246 g/mol. The van der Waals surface area contributed by atoms with Gasteiger partial charge in [0.1, 0.15) is 5.82 Å². The summed E-state index contributed by atoms with van der Waals surface area (Å²) in [6.07, 6.45) is 9.44. The van der Waals surface area contributed by atoms with Crippen molar-refractivity contribution in [2.75, 3.05) is 5.73 Å². The largest absolute Gasteiger partial charge is 0.383 e. The molecule has 0 unspecified atom stereocenters. The van der Waals surface area contributed by atoms with Crippen molar-refractivity contribution in [2.45, 2.75) is 25.7 Å². The van der Waals surface area contributed by atoms with Gasteiger partial charge in [-0.2, -0.15) is 0 Å². The first-order valence-corrected chi connectivity index (χ1v) is 7.26. The Morgan fingerprint density at radius 2 is 1.80 bits per heavy atom. The Morgan fingerprint density at radius 1 is 1.00 bits per heavy atom. The quantitative estimate of drug-likeness (QED) is 0.898. The first kappa shape index (κ1) is 11.6. The molecule has 2 aliphatic rings. The molecular formula is C17H17N3. The number of nitrogens with zero attached hydrogens (tertiary/aromatic N) is 2. The van der Waals surface area contributed by atoms with E-state index >= 15 is 0 Å². The molecule has 0 atom stereocenters. The average molecular weight is 263 g/mol. The second-order valence-electron chi connectivity index (χ2n) is 5.58. The minimum Gasteiger partial charge on any atom is -0.383 e. The molecule has 1 fully saturated rings. The molecule has 0 bridgehead atoms. The summed E-state index contributed by atoms with van der Waals surface area (Å²) in [5.74, 6) is 2.09. The van der Waals surface area contributed by atoms with E-state index in [2.05, 4.69) is 17.1 Å². The van der Waals surface area contributed by atoms with Gasteiger partial charge >= 0.3 is 0 Å². The second-order valence-corrected chi connectivity index (χ2v) is 5.58. The van der Waals surface area contributed by atoms with Gasteiger partial charge in [0.05, 0.1) is 5.52 Å². The van der Waals surface area contributed by atoms with E-state index in [4.69, 9.17) is 10.7 Å². The van der Waals surface area contributed by atoms with Crippen molar-refractivity contribution >= 4 is 22.3 Å². The number of para-hydroxylation sites is 1. The van der Waals surface area contributed by atoms with Crippen LogP contribution >= 0.6 is 0 Å². The maximum atomic E-state index is 6.10. The molecule has 4 rings (SSSR count). The van der Waals surface area contributed by atoms with Gasteiger partial charge in [-0.05, 0) is 49.3 Å². The fraction of sp³-hybridized carbons (Fsp3) is 0.294. The molecule has 0 amide bonds. The van der Waals surface area contributed by atoms with Crippen LogP contribution in [-0.4, -0.2) is 9.97 Å². The SMILES string of the molecule is Nc1nc(C2=CCCC=C2C2CC2)nc2ccccc12. The minimum atomic E-state index is 0.576. The highest BCUT2D eigenvalue weighted by molar-refractivity contribution is 5.90. The van der Waals surface area contributed by atoms with E-state index in [0.29, 0.717) is 5.82 Å². The van der Waals surface area contributed by atoms with Crippen molar-refractivity contribution in [3.8, 4) is 0 Å². The summed E-state index contributed by atoms with van der Waals surface area (Å²) in [5, 5.41) is 0.935. The van der Waals surface area contributed by atoms with Crippen molar-refractivity contribution < 1.29 is 0 Å². The Morgan fingerprint density at radius 3 is 2.65 bits per heavy atom. The molecule has 0 saturated heterocycles. The van der Waals surface area contributed by atoms with Crippen LogP contribution in [-0.2, 0) is 0 Å². The molecule has 1 saturated carbocycles. The van der Waals surface area contributed by atoms with Gasteiger partial charge < -0.3 is 5.73 Å². The molecule has 1 aromatic carbocycles. The van der Waals surface area contributed by atoms with Crippen LogP contribution in [0.5, 0.6) is 0 Å². The molecule has 0 spiro atoms. The number of hydrogen-bond donors (Lipinski definition) is 1. The van der Waals surface area contributed by atoms with E-state index in [1.807, 2.05) is 24.3 Å². The highest BCUT2D eigenvalue weighted by atomic mass is 14.9. The van der Waals surface area contributed by atoms with Gasteiger partial charge in [0.25, 0.3) is 0 Å². The zero-order valence-corrected chi connectivity index (χ0v) is 11.3. The van der Waals surface area contributed by atoms with Crippen molar-refractivity contribution in [1.29, 1.82) is 0 Å². The van der Waals surface area contributed by atoms with Gasteiger partial charge in [0, 0.05) is 11.0 Å². The molecule has 1 heterocycles.